The first-order chi connectivity index (χ1) is 17.9. The van der Waals surface area contributed by atoms with Gasteiger partial charge in [-0.15, -0.1) is 0 Å². The van der Waals surface area contributed by atoms with Crippen LogP contribution in [0, 0.1) is 0 Å². The van der Waals surface area contributed by atoms with E-state index in [1.54, 1.807) is 24.7 Å². The molecule has 1 aliphatic rings. The van der Waals surface area contributed by atoms with E-state index in [0.29, 0.717) is 69.5 Å². The van der Waals surface area contributed by atoms with Crippen LogP contribution in [0.15, 0.2) is 43.4 Å². The number of benzene rings is 1. The normalized spacial score (nSPS) is 17.5. The molecule has 1 aliphatic heterocycles. The molecular formula is C25H24Cl2N6O4. The predicted octanol–water partition coefficient (Wildman–Crippen LogP) is 4.14. The third kappa shape index (κ3) is 4.63. The lowest BCUT2D eigenvalue weighted by Crippen LogP contribution is -2.52. The van der Waals surface area contributed by atoms with Gasteiger partial charge >= 0.3 is 0 Å². The van der Waals surface area contributed by atoms with Crippen LogP contribution in [0.1, 0.15) is 6.42 Å². The number of nitrogens with one attached hydrogen (secondary N) is 2. The molecule has 1 fully saturated rings. The number of hydrogen-bond donors (Lipinski definition) is 2. The van der Waals surface area contributed by atoms with Crippen molar-refractivity contribution in [1.29, 1.82) is 0 Å². The Morgan fingerprint density at radius 2 is 1.92 bits per heavy atom. The average molecular weight is 543 g/mol. The number of methoxy groups -OCH3 is 2. The number of pyridine rings is 1. The Kier molecular flexibility index (Phi) is 7.05. The highest BCUT2D eigenvalue weighted by molar-refractivity contribution is 6.41. The number of imidazole rings is 1. The maximum absolute atomic E-state index is 11.9. The predicted molar refractivity (Wildman–Crippen MR) is 142 cm³/mol. The van der Waals surface area contributed by atoms with E-state index < -0.39 is 0 Å². The number of halogens is 2. The van der Waals surface area contributed by atoms with Gasteiger partial charge < -0.3 is 24.8 Å². The van der Waals surface area contributed by atoms with Gasteiger partial charge in [-0.05, 0) is 18.6 Å². The molecule has 2 atom stereocenters. The summed E-state index contributed by atoms with van der Waals surface area (Å²) in [5.74, 6) is 0.998. The average Bonchev–Trinajstić information content (AvgIpc) is 3.41. The van der Waals surface area contributed by atoms with Gasteiger partial charge in [-0.25, -0.2) is 9.97 Å². The van der Waals surface area contributed by atoms with Gasteiger partial charge in [0.25, 0.3) is 0 Å². The zero-order valence-corrected chi connectivity index (χ0v) is 21.6. The molecule has 12 heteroatoms. The van der Waals surface area contributed by atoms with Crippen molar-refractivity contribution < 1.29 is 19.0 Å². The Labute approximate surface area is 222 Å². The van der Waals surface area contributed by atoms with Crippen LogP contribution in [-0.2, 0) is 9.53 Å². The third-order valence-electron chi connectivity index (χ3n) is 6.23. The Morgan fingerprint density at radius 1 is 1.16 bits per heavy atom. The molecule has 5 rings (SSSR count). The van der Waals surface area contributed by atoms with Gasteiger partial charge in [0.1, 0.15) is 17.1 Å². The highest BCUT2D eigenvalue weighted by atomic mass is 35.5. The number of amides is 1. The molecular weight excluding hydrogens is 519 g/mol. The van der Waals surface area contributed by atoms with Crippen molar-refractivity contribution in [2.75, 3.05) is 32.8 Å². The number of nitrogens with zero attached hydrogens (tertiary/aromatic N) is 4. The summed E-state index contributed by atoms with van der Waals surface area (Å²) >= 11 is 13.4. The second-order valence-electron chi connectivity index (χ2n) is 8.37. The Morgan fingerprint density at radius 3 is 2.62 bits per heavy atom. The number of ether oxygens (including phenoxy) is 3. The van der Waals surface area contributed by atoms with Crippen LogP contribution >= 0.6 is 23.2 Å². The maximum atomic E-state index is 11.9. The lowest BCUT2D eigenvalue weighted by atomic mass is 10.0. The lowest BCUT2D eigenvalue weighted by molar-refractivity contribution is -0.117. The van der Waals surface area contributed by atoms with Crippen LogP contribution in [0.2, 0.25) is 10.0 Å². The first-order valence-corrected chi connectivity index (χ1v) is 12.2. The fourth-order valence-electron chi connectivity index (χ4n) is 4.41. The SMILES string of the molecule is C=CC(=O)N[C@H]1CCOC[C@H]1Nc1ncc2cc(-c3c(Cl)c(OC)cc(OC)c3Cl)c3nccn3c2n1. The molecule has 0 bridgehead atoms. The van der Waals surface area contributed by atoms with Gasteiger partial charge in [0.2, 0.25) is 11.9 Å². The molecule has 2 N–H and O–H groups in total. The van der Waals surface area contributed by atoms with Crippen LogP contribution < -0.4 is 20.1 Å². The van der Waals surface area contributed by atoms with Crippen LogP contribution in [-0.4, -0.2) is 64.8 Å². The summed E-state index contributed by atoms with van der Waals surface area (Å²) in [6, 6.07) is 3.15. The van der Waals surface area contributed by atoms with Gasteiger partial charge in [-0.3, -0.25) is 9.20 Å². The summed E-state index contributed by atoms with van der Waals surface area (Å²) in [5, 5.41) is 7.64. The van der Waals surface area contributed by atoms with E-state index in [1.807, 2.05) is 10.5 Å². The van der Waals surface area contributed by atoms with Gasteiger partial charge in [-0.1, -0.05) is 29.8 Å². The second kappa shape index (κ2) is 10.4. The van der Waals surface area contributed by atoms with Crippen LogP contribution in [0.25, 0.3) is 27.8 Å². The lowest BCUT2D eigenvalue weighted by Gasteiger charge is -2.32. The molecule has 1 amide bonds. The van der Waals surface area contributed by atoms with E-state index in [0.717, 1.165) is 5.39 Å². The van der Waals surface area contributed by atoms with E-state index in [2.05, 4.69) is 27.2 Å². The molecule has 0 aliphatic carbocycles. The standard InChI is InChI=1S/C25H24Cl2N6O4/c1-4-19(34)30-15-5-8-37-12-16(15)31-25-29-11-13-9-14(24-28-6-7-33(24)23(13)32-25)20-21(26)17(35-2)10-18(36-3)22(20)27/h4,6-7,9-11,15-16H,1,5,8,12H2,2-3H3,(H,30,34)(H,29,31,32)/t15-,16+/m0/s1. The summed E-state index contributed by atoms with van der Waals surface area (Å²) < 4.78 is 18.3. The zero-order valence-electron chi connectivity index (χ0n) is 20.1. The van der Waals surface area contributed by atoms with Crippen LogP contribution in [0.4, 0.5) is 5.95 Å². The van der Waals surface area contributed by atoms with Gasteiger partial charge in [0.15, 0.2) is 5.65 Å². The fraction of sp³-hybridized carbons (Fsp3) is 0.280. The number of rotatable bonds is 7. The molecule has 1 saturated heterocycles. The first-order valence-electron chi connectivity index (χ1n) is 11.5. The van der Waals surface area contributed by atoms with Gasteiger partial charge in [0.05, 0.1) is 43.0 Å². The minimum atomic E-state index is -0.239. The quantitative estimate of drug-likeness (QED) is 0.335. The molecule has 4 aromatic rings. The first kappa shape index (κ1) is 25.1. The summed E-state index contributed by atoms with van der Waals surface area (Å²) in [6.45, 7) is 4.48. The number of aromatic nitrogens is 4. The molecule has 4 heterocycles. The van der Waals surface area contributed by atoms with Crippen molar-refractivity contribution in [3.63, 3.8) is 0 Å². The number of fused-ring (bicyclic) bond motifs is 3. The van der Waals surface area contributed by atoms with E-state index in [1.165, 1.54) is 20.3 Å². The molecule has 3 aromatic heterocycles. The monoisotopic (exact) mass is 542 g/mol. The number of carbonyl (C=O) groups excluding carboxylic acids is 1. The Bertz CT molecular complexity index is 1480. The minimum absolute atomic E-state index is 0.151. The van der Waals surface area contributed by atoms with E-state index in [-0.39, 0.29) is 18.0 Å². The molecule has 37 heavy (non-hydrogen) atoms. The second-order valence-corrected chi connectivity index (χ2v) is 9.13. The summed E-state index contributed by atoms with van der Waals surface area (Å²) in [6.07, 6.45) is 7.08. The molecule has 10 nitrogen and oxygen atoms in total. The van der Waals surface area contributed by atoms with Crippen molar-refractivity contribution in [2.24, 2.45) is 0 Å². The topological polar surface area (TPSA) is 112 Å². The summed E-state index contributed by atoms with van der Waals surface area (Å²) in [7, 11) is 3.05. The zero-order chi connectivity index (χ0) is 26.1. The Hall–Kier alpha value is -3.60. The summed E-state index contributed by atoms with van der Waals surface area (Å²) in [5.41, 5.74) is 2.41. The fourth-order valence-corrected chi connectivity index (χ4v) is 5.11. The van der Waals surface area contributed by atoms with Gasteiger partial charge in [-0.2, -0.15) is 4.98 Å². The van der Waals surface area contributed by atoms with Crippen molar-refractivity contribution in [3.05, 3.63) is 53.4 Å². The van der Waals surface area contributed by atoms with Crippen molar-refractivity contribution >= 4 is 51.7 Å². The molecule has 0 unspecified atom stereocenters. The van der Waals surface area contributed by atoms with E-state index in [9.17, 15) is 4.79 Å². The van der Waals surface area contributed by atoms with Crippen molar-refractivity contribution in [2.45, 2.75) is 18.5 Å². The van der Waals surface area contributed by atoms with Crippen molar-refractivity contribution in [3.8, 4) is 22.6 Å². The van der Waals surface area contributed by atoms with Crippen LogP contribution in [0.3, 0.4) is 0 Å². The van der Waals surface area contributed by atoms with Gasteiger partial charge in [0, 0.05) is 47.8 Å². The molecule has 192 valence electrons. The number of carbonyl (C=O) groups is 1. The number of hydrogen-bond acceptors (Lipinski definition) is 8. The van der Waals surface area contributed by atoms with E-state index >= 15 is 0 Å². The Balaban J connectivity index is 1.58. The minimum Gasteiger partial charge on any atom is -0.495 e. The molecule has 0 saturated carbocycles. The molecule has 1 aromatic carbocycles. The number of anilines is 1. The van der Waals surface area contributed by atoms with E-state index in [4.69, 9.17) is 42.4 Å². The third-order valence-corrected chi connectivity index (χ3v) is 6.98. The summed E-state index contributed by atoms with van der Waals surface area (Å²) in [4.78, 5) is 25.7. The van der Waals surface area contributed by atoms with Crippen LogP contribution in [0.5, 0.6) is 11.5 Å². The smallest absolute Gasteiger partial charge is 0.243 e. The molecule has 0 spiro atoms. The molecule has 0 radical (unpaired) electrons. The van der Waals surface area contributed by atoms with Crippen molar-refractivity contribution in [1.82, 2.24) is 24.7 Å². The maximum Gasteiger partial charge on any atom is 0.243 e. The highest BCUT2D eigenvalue weighted by Crippen LogP contribution is 2.47. The highest BCUT2D eigenvalue weighted by Gasteiger charge is 2.28. The largest absolute Gasteiger partial charge is 0.495 e.